The molecule has 0 radical (unpaired) electrons. The van der Waals surface area contributed by atoms with Crippen molar-refractivity contribution in [3.63, 3.8) is 0 Å². The van der Waals surface area contributed by atoms with Gasteiger partial charge in [0.05, 0.1) is 30.1 Å². The van der Waals surface area contributed by atoms with Crippen LogP contribution >= 0.6 is 0 Å². The smallest absolute Gasteiger partial charge is 0.421 e. The van der Waals surface area contributed by atoms with Gasteiger partial charge < -0.3 is 20.5 Å². The Labute approximate surface area is 176 Å². The van der Waals surface area contributed by atoms with E-state index >= 15 is 0 Å². The largest absolute Gasteiger partial charge is 0.477 e. The highest BCUT2D eigenvalue weighted by atomic mass is 32.2. The molecule has 0 atom stereocenters. The predicted molar refractivity (Wildman–Crippen MR) is 101 cm³/mol. The van der Waals surface area contributed by atoms with Gasteiger partial charge in [-0.3, -0.25) is 9.59 Å². The summed E-state index contributed by atoms with van der Waals surface area (Å²) >= 11 is 0. The van der Waals surface area contributed by atoms with Gasteiger partial charge in [0.2, 0.25) is 11.8 Å². The fourth-order valence-corrected chi connectivity index (χ4v) is 5.61. The summed E-state index contributed by atoms with van der Waals surface area (Å²) in [4.78, 5) is 27.6. The van der Waals surface area contributed by atoms with Crippen LogP contribution < -0.4 is 15.8 Å². The Bertz CT molecular complexity index is 949. The van der Waals surface area contributed by atoms with Crippen molar-refractivity contribution >= 4 is 21.7 Å². The van der Waals surface area contributed by atoms with Gasteiger partial charge in [-0.1, -0.05) is 0 Å². The van der Waals surface area contributed by atoms with Crippen LogP contribution in [-0.4, -0.2) is 62.1 Å². The summed E-state index contributed by atoms with van der Waals surface area (Å²) < 4.78 is 73.7. The van der Waals surface area contributed by atoms with E-state index in [9.17, 15) is 31.2 Å². The first-order chi connectivity index (χ1) is 14.4. The Morgan fingerprint density at radius 3 is 2.45 bits per heavy atom. The number of hydrogen-bond acceptors (Lipinski definition) is 7. The summed E-state index contributed by atoms with van der Waals surface area (Å²) in [5, 5.41) is 2.39. The number of ether oxygens (including phenoxy) is 2. The molecule has 0 aliphatic carbocycles. The number of carbonyl (C=O) groups is 2. The number of sulfone groups is 1. The molecule has 0 aromatic carbocycles. The molecule has 9 nitrogen and oxygen atoms in total. The van der Waals surface area contributed by atoms with Crippen LogP contribution in [-0.2, 0) is 25.5 Å². The van der Waals surface area contributed by atoms with Crippen molar-refractivity contribution < 1.29 is 40.7 Å². The third-order valence-corrected chi connectivity index (χ3v) is 7.06. The molecule has 1 aromatic rings. The quantitative estimate of drug-likeness (QED) is 0.604. The van der Waals surface area contributed by atoms with E-state index in [2.05, 4.69) is 10.3 Å². The van der Waals surface area contributed by atoms with Crippen LogP contribution in [0.2, 0.25) is 0 Å². The molecule has 3 heterocycles. The Kier molecular flexibility index (Phi) is 6.46. The van der Waals surface area contributed by atoms with Crippen molar-refractivity contribution in [3.8, 4) is 5.88 Å². The third-order valence-electron chi connectivity index (χ3n) is 5.08. The van der Waals surface area contributed by atoms with Crippen LogP contribution in [0.3, 0.4) is 0 Å². The molecule has 2 fully saturated rings. The minimum absolute atomic E-state index is 0.00636. The SMILES string of the molecule is NC(=O)CC1(NC(=O)c2ccc(C(F)(F)F)c(OCC3CCOCC3)n2)CS(=O)(=O)C1. The van der Waals surface area contributed by atoms with Crippen LogP contribution in [0.25, 0.3) is 0 Å². The minimum Gasteiger partial charge on any atom is -0.477 e. The lowest BCUT2D eigenvalue weighted by Gasteiger charge is -2.40. The van der Waals surface area contributed by atoms with Crippen molar-refractivity contribution in [2.45, 2.75) is 31.0 Å². The molecule has 0 spiro atoms. The van der Waals surface area contributed by atoms with E-state index in [0.29, 0.717) is 32.1 Å². The second-order valence-corrected chi connectivity index (χ2v) is 9.89. The molecule has 0 saturated carbocycles. The molecule has 2 saturated heterocycles. The molecule has 1 aromatic heterocycles. The minimum atomic E-state index is -4.75. The maximum atomic E-state index is 13.4. The number of rotatable bonds is 7. The number of pyridine rings is 1. The van der Waals surface area contributed by atoms with Crippen LogP contribution in [0.15, 0.2) is 12.1 Å². The molecule has 2 aliphatic heterocycles. The first-order valence-electron chi connectivity index (χ1n) is 9.49. The molecule has 172 valence electrons. The van der Waals surface area contributed by atoms with Crippen molar-refractivity contribution in [2.75, 3.05) is 31.3 Å². The number of primary amides is 1. The second-order valence-electron chi connectivity index (χ2n) is 7.82. The fraction of sp³-hybridized carbons (Fsp3) is 0.611. The number of hydrogen-bond donors (Lipinski definition) is 2. The highest BCUT2D eigenvalue weighted by Crippen LogP contribution is 2.36. The maximum Gasteiger partial charge on any atom is 0.421 e. The topological polar surface area (TPSA) is 138 Å². The fourth-order valence-electron chi connectivity index (χ4n) is 3.66. The predicted octanol–water partition coefficient (Wildman–Crippen LogP) is 0.678. The number of carbonyl (C=O) groups excluding carboxylic acids is 2. The van der Waals surface area contributed by atoms with Crippen molar-refractivity contribution in [2.24, 2.45) is 11.7 Å². The maximum absolute atomic E-state index is 13.4. The molecule has 2 amide bonds. The molecular formula is C18H22F3N3O6S. The number of alkyl halides is 3. The average molecular weight is 465 g/mol. The van der Waals surface area contributed by atoms with Gasteiger partial charge in [-0.15, -0.1) is 0 Å². The zero-order valence-corrected chi connectivity index (χ0v) is 17.2. The summed E-state index contributed by atoms with van der Waals surface area (Å²) in [5.74, 6) is -3.49. The van der Waals surface area contributed by atoms with E-state index < -0.39 is 68.4 Å². The van der Waals surface area contributed by atoms with Crippen molar-refractivity contribution in [3.05, 3.63) is 23.4 Å². The van der Waals surface area contributed by atoms with Crippen LogP contribution in [0.5, 0.6) is 5.88 Å². The summed E-state index contributed by atoms with van der Waals surface area (Å²) in [6.07, 6.45) is -3.91. The normalized spacial score (nSPS) is 20.5. The van der Waals surface area contributed by atoms with Gasteiger partial charge >= 0.3 is 6.18 Å². The molecule has 0 bridgehead atoms. The first-order valence-corrected chi connectivity index (χ1v) is 11.3. The number of nitrogens with zero attached hydrogens (tertiary/aromatic N) is 1. The van der Waals surface area contributed by atoms with Gasteiger partial charge in [-0.25, -0.2) is 13.4 Å². The standard InChI is InChI=1S/C18H22F3N3O6S/c19-18(20,21)12-1-2-13(23-16(12)30-8-11-3-5-29-6-4-11)15(26)24-17(7-14(22)25)9-31(27,28)10-17/h1-2,11H,3-10H2,(H2,22,25)(H,24,26). The molecular weight excluding hydrogens is 443 g/mol. The highest BCUT2D eigenvalue weighted by molar-refractivity contribution is 7.93. The summed E-state index contributed by atoms with van der Waals surface area (Å²) in [6, 6.07) is 1.55. The second kappa shape index (κ2) is 8.61. The van der Waals surface area contributed by atoms with Gasteiger partial charge in [0.1, 0.15) is 11.3 Å². The lowest BCUT2D eigenvalue weighted by Crippen LogP contribution is -2.66. The molecule has 3 N–H and O–H groups in total. The van der Waals surface area contributed by atoms with E-state index in [1.807, 2.05) is 0 Å². The Morgan fingerprint density at radius 1 is 1.26 bits per heavy atom. The van der Waals surface area contributed by atoms with Crippen LogP contribution in [0.4, 0.5) is 13.2 Å². The Hall–Kier alpha value is -2.41. The highest BCUT2D eigenvalue weighted by Gasteiger charge is 2.50. The number of halogens is 3. The van der Waals surface area contributed by atoms with Gasteiger partial charge in [0, 0.05) is 13.2 Å². The van der Waals surface area contributed by atoms with Gasteiger partial charge in [0.25, 0.3) is 5.91 Å². The molecule has 0 unspecified atom stereocenters. The Balaban J connectivity index is 1.79. The molecule has 3 rings (SSSR count). The molecule has 13 heteroatoms. The molecule has 2 aliphatic rings. The summed E-state index contributed by atoms with van der Waals surface area (Å²) in [7, 11) is -3.44. The number of nitrogens with one attached hydrogen (secondary N) is 1. The molecule has 31 heavy (non-hydrogen) atoms. The monoisotopic (exact) mass is 465 g/mol. The third kappa shape index (κ3) is 5.85. The average Bonchev–Trinajstić information content (AvgIpc) is 2.64. The van der Waals surface area contributed by atoms with Crippen molar-refractivity contribution in [1.29, 1.82) is 0 Å². The first kappa shape index (κ1) is 23.3. The van der Waals surface area contributed by atoms with Crippen molar-refractivity contribution in [1.82, 2.24) is 10.3 Å². The van der Waals surface area contributed by atoms with Gasteiger partial charge in [-0.05, 0) is 30.9 Å². The number of aromatic nitrogens is 1. The van der Waals surface area contributed by atoms with E-state index in [1.165, 1.54) is 0 Å². The number of amides is 2. The van der Waals surface area contributed by atoms with Gasteiger partial charge in [-0.2, -0.15) is 13.2 Å². The summed E-state index contributed by atoms with van der Waals surface area (Å²) in [5.41, 5.74) is 2.20. The zero-order chi connectivity index (χ0) is 22.9. The number of nitrogens with two attached hydrogens (primary N) is 1. The lowest BCUT2D eigenvalue weighted by molar-refractivity contribution is -0.139. The van der Waals surface area contributed by atoms with E-state index in [4.69, 9.17) is 15.2 Å². The van der Waals surface area contributed by atoms with Crippen LogP contribution in [0.1, 0.15) is 35.3 Å². The van der Waals surface area contributed by atoms with E-state index in [0.717, 1.165) is 6.07 Å². The van der Waals surface area contributed by atoms with E-state index in [-0.39, 0.29) is 12.5 Å². The van der Waals surface area contributed by atoms with Gasteiger partial charge in [0.15, 0.2) is 9.84 Å². The summed E-state index contributed by atoms with van der Waals surface area (Å²) in [6.45, 7) is 0.954. The zero-order valence-electron chi connectivity index (χ0n) is 16.4. The van der Waals surface area contributed by atoms with Crippen LogP contribution in [0, 0.1) is 5.92 Å². The van der Waals surface area contributed by atoms with E-state index in [1.54, 1.807) is 0 Å². The Morgan fingerprint density at radius 2 is 1.90 bits per heavy atom. The lowest BCUT2D eigenvalue weighted by atomic mass is 9.98.